The van der Waals surface area contributed by atoms with Crippen molar-refractivity contribution in [3.05, 3.63) is 73.0 Å². The first-order chi connectivity index (χ1) is 18.4. The Balaban J connectivity index is 1.34. The van der Waals surface area contributed by atoms with Gasteiger partial charge in [0.2, 0.25) is 0 Å². The maximum Gasteiger partial charge on any atom is 0.257 e. The Labute approximate surface area is 218 Å². The summed E-state index contributed by atoms with van der Waals surface area (Å²) in [5, 5.41) is 6.55. The fraction of sp³-hybridized carbons (Fsp3) is 0.259. The Bertz CT molecular complexity index is 1630. The van der Waals surface area contributed by atoms with Crippen LogP contribution in [0.1, 0.15) is 29.9 Å². The Morgan fingerprint density at radius 3 is 2.55 bits per heavy atom. The molecule has 5 heterocycles. The van der Waals surface area contributed by atoms with Gasteiger partial charge in [-0.05, 0) is 32.9 Å². The highest BCUT2D eigenvalue weighted by Gasteiger charge is 2.25. The summed E-state index contributed by atoms with van der Waals surface area (Å²) in [6, 6.07) is 6.20. The summed E-state index contributed by atoms with van der Waals surface area (Å²) in [5.41, 5.74) is 4.64. The normalized spacial score (nSPS) is 17.6. The molecular formula is C27H27N9O2. The second-order valence-corrected chi connectivity index (χ2v) is 9.60. The van der Waals surface area contributed by atoms with Crippen LogP contribution in [-0.2, 0) is 0 Å². The van der Waals surface area contributed by atoms with Crippen molar-refractivity contribution in [3.63, 3.8) is 0 Å². The molecule has 1 fully saturated rings. The second kappa shape index (κ2) is 9.67. The summed E-state index contributed by atoms with van der Waals surface area (Å²) >= 11 is 0. The summed E-state index contributed by atoms with van der Waals surface area (Å²) in [6.45, 7) is 7.93. The first kappa shape index (κ1) is 23.7. The van der Waals surface area contributed by atoms with Crippen molar-refractivity contribution in [2.45, 2.75) is 32.9 Å². The number of aromatic nitrogens is 6. The van der Waals surface area contributed by atoms with Gasteiger partial charge in [-0.25, -0.2) is 15.0 Å². The lowest BCUT2D eigenvalue weighted by molar-refractivity contribution is 0.102. The standard InChI is InChI=1S/C27H27N9O2/c1-16-11-35(12-17(2)32-16)22-5-4-21(24-25(22)31-7-6-30-24)27(37)34-19-8-23(38-20-9-28-15-29-10-20)26-33-18(3)13-36(26)14-19/h4-10,13-17,32H,11-12H2,1-3H3,(H,34,37). The molecule has 6 rings (SSSR count). The van der Waals surface area contributed by atoms with E-state index in [0.29, 0.717) is 51.5 Å². The first-order valence-corrected chi connectivity index (χ1v) is 12.4. The van der Waals surface area contributed by atoms with E-state index in [4.69, 9.17) is 4.74 Å². The van der Waals surface area contributed by atoms with Gasteiger partial charge in [-0.15, -0.1) is 0 Å². The molecule has 2 atom stereocenters. The smallest absolute Gasteiger partial charge is 0.257 e. The number of imidazole rings is 1. The molecule has 0 saturated carbocycles. The topological polar surface area (TPSA) is 122 Å². The van der Waals surface area contributed by atoms with E-state index in [1.807, 2.05) is 29.7 Å². The number of carbonyl (C=O) groups is 1. The van der Waals surface area contributed by atoms with Crippen molar-refractivity contribution in [2.24, 2.45) is 0 Å². The van der Waals surface area contributed by atoms with Gasteiger partial charge < -0.3 is 24.7 Å². The van der Waals surface area contributed by atoms with Gasteiger partial charge in [0, 0.05) is 56.0 Å². The Hall–Kier alpha value is -4.64. The number of fused-ring (bicyclic) bond motifs is 2. The molecule has 11 heteroatoms. The van der Waals surface area contributed by atoms with Crippen LogP contribution in [0.5, 0.6) is 11.5 Å². The van der Waals surface area contributed by atoms with Gasteiger partial charge in [-0.2, -0.15) is 0 Å². The van der Waals surface area contributed by atoms with Gasteiger partial charge in [0.1, 0.15) is 17.4 Å². The lowest BCUT2D eigenvalue weighted by Crippen LogP contribution is -2.54. The van der Waals surface area contributed by atoms with Crippen LogP contribution in [0.3, 0.4) is 0 Å². The van der Waals surface area contributed by atoms with Gasteiger partial charge in [0.05, 0.1) is 35.0 Å². The van der Waals surface area contributed by atoms with Gasteiger partial charge in [0.25, 0.3) is 5.91 Å². The number of nitrogens with one attached hydrogen (secondary N) is 2. The molecule has 1 saturated heterocycles. The van der Waals surface area contributed by atoms with E-state index in [2.05, 4.69) is 54.3 Å². The van der Waals surface area contributed by atoms with Crippen LogP contribution >= 0.6 is 0 Å². The third-order valence-electron chi connectivity index (χ3n) is 6.41. The number of rotatable bonds is 5. The molecule has 0 bridgehead atoms. The molecule has 4 aromatic heterocycles. The van der Waals surface area contributed by atoms with Crippen LogP contribution in [0, 0.1) is 6.92 Å². The minimum absolute atomic E-state index is 0.297. The van der Waals surface area contributed by atoms with Gasteiger partial charge >= 0.3 is 0 Å². The van der Waals surface area contributed by atoms with Crippen LogP contribution in [0.2, 0.25) is 0 Å². The van der Waals surface area contributed by atoms with Gasteiger partial charge in [0.15, 0.2) is 17.1 Å². The maximum atomic E-state index is 13.5. The van der Waals surface area contributed by atoms with Crippen molar-refractivity contribution < 1.29 is 9.53 Å². The molecule has 0 aliphatic carbocycles. The average molecular weight is 510 g/mol. The Morgan fingerprint density at radius 1 is 1.05 bits per heavy atom. The van der Waals surface area contributed by atoms with Gasteiger partial charge in [-0.3, -0.25) is 14.8 Å². The van der Waals surface area contributed by atoms with Crippen molar-refractivity contribution >= 4 is 34.0 Å². The quantitative estimate of drug-likeness (QED) is 0.366. The van der Waals surface area contributed by atoms with E-state index >= 15 is 0 Å². The summed E-state index contributed by atoms with van der Waals surface area (Å²) < 4.78 is 7.83. The highest BCUT2D eigenvalue weighted by atomic mass is 16.5. The molecule has 2 unspecified atom stereocenters. The lowest BCUT2D eigenvalue weighted by Gasteiger charge is -2.38. The average Bonchev–Trinajstić information content (AvgIpc) is 3.28. The zero-order valence-corrected chi connectivity index (χ0v) is 21.3. The summed E-state index contributed by atoms with van der Waals surface area (Å²) in [5.74, 6) is 0.633. The SMILES string of the molecule is Cc1cn2cc(NC(=O)c3ccc(N4CC(C)NC(C)C4)c4nccnc34)cc(Oc3cncnc3)c2n1. The second-order valence-electron chi connectivity index (χ2n) is 9.60. The van der Waals surface area contributed by atoms with E-state index in [-0.39, 0.29) is 5.91 Å². The number of benzene rings is 1. The number of ether oxygens (including phenoxy) is 1. The van der Waals surface area contributed by atoms with Crippen molar-refractivity contribution in [3.8, 4) is 11.5 Å². The fourth-order valence-corrected chi connectivity index (χ4v) is 5.00. The van der Waals surface area contributed by atoms with E-state index in [0.717, 1.165) is 24.5 Å². The predicted molar refractivity (Wildman–Crippen MR) is 144 cm³/mol. The van der Waals surface area contributed by atoms with Crippen LogP contribution in [0.4, 0.5) is 11.4 Å². The number of piperazine rings is 1. The maximum absolute atomic E-state index is 13.5. The molecule has 38 heavy (non-hydrogen) atoms. The number of pyridine rings is 1. The first-order valence-electron chi connectivity index (χ1n) is 12.4. The van der Waals surface area contributed by atoms with Crippen LogP contribution in [-0.4, -0.2) is 60.4 Å². The number of nitrogens with zero attached hydrogens (tertiary/aromatic N) is 7. The van der Waals surface area contributed by atoms with Crippen molar-refractivity contribution in [1.29, 1.82) is 0 Å². The molecule has 192 valence electrons. The van der Waals surface area contributed by atoms with Crippen LogP contribution < -0.4 is 20.3 Å². The molecule has 0 spiro atoms. The van der Waals surface area contributed by atoms with Crippen LogP contribution in [0.25, 0.3) is 16.7 Å². The lowest BCUT2D eigenvalue weighted by atomic mass is 10.1. The van der Waals surface area contributed by atoms with Crippen molar-refractivity contribution in [2.75, 3.05) is 23.3 Å². The van der Waals surface area contributed by atoms with E-state index < -0.39 is 0 Å². The predicted octanol–water partition coefficient (Wildman–Crippen LogP) is 3.61. The minimum atomic E-state index is -0.297. The number of carbonyl (C=O) groups excluding carboxylic acids is 1. The molecule has 2 N–H and O–H groups in total. The minimum Gasteiger partial charge on any atom is -0.450 e. The number of aryl methyl sites for hydroxylation is 1. The van der Waals surface area contributed by atoms with E-state index in [1.165, 1.54) is 6.33 Å². The zero-order chi connectivity index (χ0) is 26.2. The van der Waals surface area contributed by atoms with Crippen molar-refractivity contribution in [1.82, 2.24) is 34.6 Å². The number of hydrogen-bond donors (Lipinski definition) is 2. The zero-order valence-electron chi connectivity index (χ0n) is 21.3. The monoisotopic (exact) mass is 509 g/mol. The van der Waals surface area contributed by atoms with E-state index in [9.17, 15) is 4.79 Å². The molecule has 1 amide bonds. The molecule has 0 radical (unpaired) electrons. The largest absolute Gasteiger partial charge is 0.450 e. The molecule has 1 aliphatic heterocycles. The molecular weight excluding hydrogens is 482 g/mol. The Morgan fingerprint density at radius 2 is 1.79 bits per heavy atom. The Kier molecular flexibility index (Phi) is 6.04. The number of anilines is 2. The van der Waals surface area contributed by atoms with Gasteiger partial charge in [-0.1, -0.05) is 0 Å². The molecule has 1 aliphatic rings. The molecule has 1 aromatic carbocycles. The van der Waals surface area contributed by atoms with E-state index in [1.54, 1.807) is 37.1 Å². The number of amides is 1. The molecule has 5 aromatic rings. The fourth-order valence-electron chi connectivity index (χ4n) is 5.00. The summed E-state index contributed by atoms with van der Waals surface area (Å²) in [7, 11) is 0. The highest BCUT2D eigenvalue weighted by molar-refractivity contribution is 6.13. The summed E-state index contributed by atoms with van der Waals surface area (Å²) in [4.78, 5) is 37.6. The molecule has 11 nitrogen and oxygen atoms in total. The van der Waals surface area contributed by atoms with Crippen LogP contribution in [0.15, 0.2) is 61.7 Å². The number of hydrogen-bond acceptors (Lipinski definition) is 9. The third kappa shape index (κ3) is 4.59. The summed E-state index contributed by atoms with van der Waals surface area (Å²) in [6.07, 6.45) is 11.5. The third-order valence-corrected chi connectivity index (χ3v) is 6.41. The highest BCUT2D eigenvalue weighted by Crippen LogP contribution is 2.31.